The molecule has 0 aliphatic carbocycles. The van der Waals surface area contributed by atoms with Crippen LogP contribution in [-0.4, -0.2) is 66.4 Å². The van der Waals surface area contributed by atoms with Crippen molar-refractivity contribution in [1.82, 2.24) is 9.96 Å². The van der Waals surface area contributed by atoms with Gasteiger partial charge in [-0.05, 0) is 77.3 Å². The molecule has 352 valence electrons. The zero-order valence-corrected chi connectivity index (χ0v) is 40.9. The van der Waals surface area contributed by atoms with Gasteiger partial charge in [-0.2, -0.15) is 5.06 Å². The minimum absolute atomic E-state index is 0.0110. The highest BCUT2D eigenvalue weighted by Crippen LogP contribution is 2.15. The van der Waals surface area contributed by atoms with Crippen LogP contribution in [0.5, 0.6) is 0 Å². The average molecular weight is 854 g/mol. The van der Waals surface area contributed by atoms with Gasteiger partial charge in [0.2, 0.25) is 0 Å². The number of alkyl halides is 1. The molecule has 0 aliphatic rings. The van der Waals surface area contributed by atoms with Crippen molar-refractivity contribution in [3.8, 4) is 0 Å². The van der Waals surface area contributed by atoms with Crippen molar-refractivity contribution in [2.75, 3.05) is 45.2 Å². The molecule has 59 heavy (non-hydrogen) atoms. The molecule has 0 unspecified atom stereocenters. The van der Waals surface area contributed by atoms with Crippen molar-refractivity contribution in [1.29, 1.82) is 0 Å². The number of carbonyl (C=O) groups is 1. The predicted molar refractivity (Wildman–Crippen MR) is 261 cm³/mol. The molecule has 0 aliphatic heterocycles. The van der Waals surface area contributed by atoms with Crippen molar-refractivity contribution in [3.05, 3.63) is 12.2 Å². The molecule has 0 radical (unpaired) electrons. The minimum Gasteiger partial charge on any atom is -0.466 e. The normalized spacial score (nSPS) is 11.9. The highest BCUT2D eigenvalue weighted by Gasteiger charge is 2.06. The van der Waals surface area contributed by atoms with Gasteiger partial charge in [0, 0.05) is 31.9 Å². The lowest BCUT2D eigenvalue weighted by molar-refractivity contribution is -0.143. The highest BCUT2D eigenvalue weighted by molar-refractivity contribution is 6.18. The van der Waals surface area contributed by atoms with Crippen LogP contribution in [0.4, 0.5) is 0 Å². The Morgan fingerprint density at radius 3 is 1.14 bits per heavy atom. The maximum Gasteiger partial charge on any atom is 0.305 e. The molecule has 0 aromatic rings. The summed E-state index contributed by atoms with van der Waals surface area (Å²) in [4.78, 5) is 14.7. The second kappa shape index (κ2) is 51.7. The summed E-state index contributed by atoms with van der Waals surface area (Å²) < 4.78 is 5.50. The largest absolute Gasteiger partial charge is 0.466 e. The number of esters is 1. The quantitative estimate of drug-likeness (QED) is 0.0217. The third-order valence-electron chi connectivity index (χ3n) is 12.3. The van der Waals surface area contributed by atoms with E-state index >= 15 is 0 Å². The lowest BCUT2D eigenvalue weighted by atomic mass is 10.1. The molecule has 0 bridgehead atoms. The molecule has 0 aromatic carbocycles. The lowest BCUT2D eigenvalue weighted by Crippen LogP contribution is -2.28. The number of rotatable bonds is 51. The number of allylic oxidation sites excluding steroid dienone is 2. The Bertz CT molecular complexity index is 827. The van der Waals surface area contributed by atoms with Crippen LogP contribution in [0.2, 0.25) is 0 Å². The Morgan fingerprint density at radius 1 is 0.424 bits per heavy atom. The summed E-state index contributed by atoms with van der Waals surface area (Å²) in [5.74, 6) is 0.737. The van der Waals surface area contributed by atoms with Gasteiger partial charge >= 0.3 is 5.97 Å². The smallest absolute Gasteiger partial charge is 0.305 e. The van der Waals surface area contributed by atoms with Crippen LogP contribution in [-0.2, 0) is 9.53 Å². The second-order valence-corrected chi connectivity index (χ2v) is 18.6. The number of unbranched alkanes of at least 4 members (excludes halogenated alkanes) is 35. The Kier molecular flexibility index (Phi) is 51.2. The first-order chi connectivity index (χ1) is 29.1. The molecule has 0 heterocycles. The number of ether oxygens (including phenoxy) is 1. The number of carbonyl (C=O) groups excluding carboxylic acids is 1. The molecule has 0 amide bonds. The number of halogens is 1. The average Bonchev–Trinajstić information content (AvgIpc) is 3.23. The van der Waals surface area contributed by atoms with E-state index in [1.54, 1.807) is 0 Å². The summed E-state index contributed by atoms with van der Waals surface area (Å²) in [6.07, 6.45) is 57.3. The lowest BCUT2D eigenvalue weighted by Gasteiger charge is -2.21. The molecule has 5 nitrogen and oxygen atoms in total. The van der Waals surface area contributed by atoms with Crippen molar-refractivity contribution < 1.29 is 14.7 Å². The first-order valence-electron chi connectivity index (χ1n) is 26.7. The van der Waals surface area contributed by atoms with Crippen LogP contribution in [0.3, 0.4) is 0 Å². The second-order valence-electron chi connectivity index (χ2n) is 18.2. The zero-order valence-electron chi connectivity index (χ0n) is 40.1. The van der Waals surface area contributed by atoms with Gasteiger partial charge in [-0.3, -0.25) is 4.79 Å². The van der Waals surface area contributed by atoms with E-state index in [-0.39, 0.29) is 5.97 Å². The van der Waals surface area contributed by atoms with Gasteiger partial charge in [-0.15, -0.1) is 11.6 Å². The van der Waals surface area contributed by atoms with Crippen molar-refractivity contribution in [2.45, 2.75) is 277 Å². The maximum atomic E-state index is 12.1. The van der Waals surface area contributed by atoms with Crippen LogP contribution in [0.1, 0.15) is 277 Å². The van der Waals surface area contributed by atoms with Crippen LogP contribution >= 0.6 is 11.6 Å². The Hall–Kier alpha value is -0.620. The number of hydrogen-bond acceptors (Lipinski definition) is 5. The fourth-order valence-electron chi connectivity index (χ4n) is 8.31. The van der Waals surface area contributed by atoms with E-state index in [2.05, 4.69) is 30.9 Å². The van der Waals surface area contributed by atoms with Crippen LogP contribution < -0.4 is 0 Å². The topological polar surface area (TPSA) is 53.0 Å². The maximum absolute atomic E-state index is 12.1. The van der Waals surface area contributed by atoms with E-state index < -0.39 is 0 Å². The molecule has 0 saturated carbocycles. The Labute approximate surface area is 375 Å². The Balaban J connectivity index is 3.42. The van der Waals surface area contributed by atoms with Gasteiger partial charge in [0.1, 0.15) is 0 Å². The summed E-state index contributed by atoms with van der Waals surface area (Å²) in [6.45, 7) is 10.2. The fourth-order valence-corrected chi connectivity index (χ4v) is 8.55. The first-order valence-corrected chi connectivity index (χ1v) is 27.2. The van der Waals surface area contributed by atoms with Gasteiger partial charge in [-0.1, -0.05) is 219 Å². The molecular weight excluding hydrogens is 748 g/mol. The Morgan fingerprint density at radius 2 is 0.746 bits per heavy atom. The third kappa shape index (κ3) is 49.9. The zero-order chi connectivity index (χ0) is 42.8. The van der Waals surface area contributed by atoms with E-state index in [4.69, 9.17) is 16.3 Å². The van der Waals surface area contributed by atoms with E-state index in [0.717, 1.165) is 57.6 Å². The van der Waals surface area contributed by atoms with Crippen molar-refractivity contribution in [3.63, 3.8) is 0 Å². The van der Waals surface area contributed by atoms with E-state index in [1.165, 1.54) is 243 Å². The molecule has 0 saturated heterocycles. The van der Waals surface area contributed by atoms with E-state index in [0.29, 0.717) is 13.0 Å². The molecule has 0 fully saturated rings. The summed E-state index contributed by atoms with van der Waals surface area (Å²) >= 11 is 6.13. The van der Waals surface area contributed by atoms with Gasteiger partial charge in [-0.25, -0.2) is 0 Å². The first kappa shape index (κ1) is 58.4. The summed E-state index contributed by atoms with van der Waals surface area (Å²) in [6, 6.07) is 0. The standard InChI is InChI=1S/C53H105ClN2O3/c1-3-5-7-9-11-13-15-16-17-18-19-20-22-28-34-40-47-55(51-46-54)48-41-35-29-23-21-25-32-38-44-52-59-53(57)45-39-33-27-26-31-37-43-50-56(58)49-42-36-30-24-14-12-10-8-6-4-2/h16-17,58H,3-15,18-52H2,1-2H3/b17-16-. The predicted octanol–water partition coefficient (Wildman–Crippen LogP) is 17.4. The highest BCUT2D eigenvalue weighted by atomic mass is 35.5. The van der Waals surface area contributed by atoms with Gasteiger partial charge in [0.15, 0.2) is 0 Å². The van der Waals surface area contributed by atoms with E-state index in [9.17, 15) is 10.0 Å². The molecule has 1 N–H and O–H groups in total. The van der Waals surface area contributed by atoms with Crippen LogP contribution in [0, 0.1) is 0 Å². The molecule has 6 heteroatoms. The number of nitrogens with zero attached hydrogens (tertiary/aromatic N) is 2. The number of hydroxylamine groups is 2. The summed E-state index contributed by atoms with van der Waals surface area (Å²) in [7, 11) is 0. The third-order valence-corrected chi connectivity index (χ3v) is 12.5. The SMILES string of the molecule is CCCCCCCC/C=C\CCCCCCCCN(CCCl)CCCCCCCCCCCOC(=O)CCCCCCCCCN(O)CCCCCCCCCCCC. The number of hydrogen-bond donors (Lipinski definition) is 1. The molecule has 0 rings (SSSR count). The summed E-state index contributed by atoms with van der Waals surface area (Å²) in [5, 5.41) is 11.7. The fraction of sp³-hybridized carbons (Fsp3) is 0.943. The van der Waals surface area contributed by atoms with Gasteiger partial charge in [0.25, 0.3) is 0 Å². The van der Waals surface area contributed by atoms with Crippen molar-refractivity contribution >= 4 is 17.6 Å². The van der Waals surface area contributed by atoms with Crippen molar-refractivity contribution in [2.24, 2.45) is 0 Å². The van der Waals surface area contributed by atoms with E-state index in [1.807, 2.05) is 0 Å². The van der Waals surface area contributed by atoms with Crippen LogP contribution in [0.15, 0.2) is 12.2 Å². The minimum atomic E-state index is -0.0110. The molecular formula is C53H105ClN2O3. The monoisotopic (exact) mass is 853 g/mol. The molecule has 0 aromatic heterocycles. The van der Waals surface area contributed by atoms with Gasteiger partial charge in [0.05, 0.1) is 6.61 Å². The molecule has 0 spiro atoms. The van der Waals surface area contributed by atoms with Gasteiger partial charge < -0.3 is 14.8 Å². The summed E-state index contributed by atoms with van der Waals surface area (Å²) in [5.41, 5.74) is 0. The molecule has 0 atom stereocenters. The van der Waals surface area contributed by atoms with Crippen LogP contribution in [0.25, 0.3) is 0 Å².